The highest BCUT2D eigenvalue weighted by Gasteiger charge is 2.26. The van der Waals surface area contributed by atoms with Crippen molar-refractivity contribution in [3.63, 3.8) is 0 Å². The van der Waals surface area contributed by atoms with Crippen LogP contribution in [0, 0.1) is 0 Å². The third-order valence-electron chi connectivity index (χ3n) is 2.22. The van der Waals surface area contributed by atoms with Crippen LogP contribution in [0.3, 0.4) is 0 Å². The molecule has 0 radical (unpaired) electrons. The molecule has 1 aliphatic rings. The quantitative estimate of drug-likeness (QED) is 0.489. The number of hydrogen-bond acceptors (Lipinski definition) is 8. The summed E-state index contributed by atoms with van der Waals surface area (Å²) in [6.07, 6.45) is 3.32. The van der Waals surface area contributed by atoms with Crippen LogP contribution in [-0.2, 0) is 23.6 Å². The topological polar surface area (TPSA) is 135 Å². The molecule has 10 heteroatoms. The van der Waals surface area contributed by atoms with Gasteiger partial charge in [0.15, 0.2) is 6.10 Å². The van der Waals surface area contributed by atoms with Crippen molar-refractivity contribution >= 4 is 22.7 Å². The maximum Gasteiger partial charge on any atom is 0.401 e. The van der Waals surface area contributed by atoms with Crippen LogP contribution in [0.25, 0.3) is 0 Å². The molecule has 0 aromatic carbocycles. The van der Waals surface area contributed by atoms with E-state index >= 15 is 0 Å². The molecule has 132 valence electrons. The second kappa shape index (κ2) is 11.8. The van der Waals surface area contributed by atoms with E-state index in [4.69, 9.17) is 10.2 Å². The van der Waals surface area contributed by atoms with Crippen LogP contribution in [0.1, 0.15) is 13.3 Å². The summed E-state index contributed by atoms with van der Waals surface area (Å²) in [7, 11) is -4.41. The summed E-state index contributed by atoms with van der Waals surface area (Å²) in [5, 5.41) is 20.1. The minimum absolute atomic E-state index is 0.0329. The van der Waals surface area contributed by atoms with Gasteiger partial charge in [0, 0.05) is 13.2 Å². The van der Waals surface area contributed by atoms with E-state index in [1.807, 2.05) is 0 Å². The van der Waals surface area contributed by atoms with Gasteiger partial charge in [-0.1, -0.05) is 18.7 Å². The summed E-state index contributed by atoms with van der Waals surface area (Å²) in [6.45, 7) is 6.27. The molecule has 3 N–H and O–H groups in total. The van der Waals surface area contributed by atoms with Gasteiger partial charge in [0.05, 0.1) is 19.5 Å². The molecular weight excluding hydrogens is 328 g/mol. The van der Waals surface area contributed by atoms with E-state index in [0.717, 1.165) is 13.1 Å². The minimum Gasteiger partial charge on any atom is -0.479 e. The fraction of sp³-hybridized carbons (Fsp3) is 0.538. The van der Waals surface area contributed by atoms with Crippen molar-refractivity contribution < 1.29 is 31.8 Å². The predicted molar refractivity (Wildman–Crippen MR) is 84.4 cm³/mol. The van der Waals surface area contributed by atoms with Crippen molar-refractivity contribution in [3.8, 4) is 0 Å². The van der Waals surface area contributed by atoms with Crippen molar-refractivity contribution in [2.24, 2.45) is 4.99 Å². The summed E-state index contributed by atoms with van der Waals surface area (Å²) in [5.41, 5.74) is 0.0329. The number of aliphatic imine (C=N–C) groups is 1. The molecule has 0 saturated carbocycles. The number of nitrogens with zero attached hydrogens (tertiary/aromatic N) is 1. The highest BCUT2D eigenvalue weighted by Crippen LogP contribution is 2.09. The zero-order valence-corrected chi connectivity index (χ0v) is 13.7. The Labute approximate surface area is 135 Å². The average molecular weight is 350 g/mol. The van der Waals surface area contributed by atoms with Crippen LogP contribution in [0.5, 0.6) is 0 Å². The number of nitrogens with one attached hydrogen (secondary N) is 1. The van der Waals surface area contributed by atoms with Crippen LogP contribution < -0.4 is 5.32 Å². The number of carbonyl (C=O) groups is 1. The van der Waals surface area contributed by atoms with Crippen molar-refractivity contribution in [1.29, 1.82) is 0 Å². The van der Waals surface area contributed by atoms with E-state index in [-0.39, 0.29) is 18.8 Å². The Morgan fingerprint density at radius 1 is 1.52 bits per heavy atom. The standard InChI is InChI=1S/C10H16O7S.C3H6N2/c1-8(2)9(10(12)13)17-18(14,15)16-7-5-3-4-6-11;1-2-5-3-4-1/h3,5,9,11H,1,4,6-7H2,2H3,(H,12,13);3H,1-2H2,(H,4,5). The first-order chi connectivity index (χ1) is 10.8. The number of hydrogen-bond donors (Lipinski definition) is 3. The largest absolute Gasteiger partial charge is 0.479 e. The molecule has 9 nitrogen and oxygen atoms in total. The van der Waals surface area contributed by atoms with Crippen molar-refractivity contribution in [2.45, 2.75) is 19.4 Å². The molecule has 23 heavy (non-hydrogen) atoms. The van der Waals surface area contributed by atoms with E-state index in [1.165, 1.54) is 19.1 Å². The van der Waals surface area contributed by atoms with Crippen LogP contribution >= 0.6 is 0 Å². The zero-order valence-electron chi connectivity index (χ0n) is 12.8. The van der Waals surface area contributed by atoms with Crippen molar-refractivity contribution in [3.05, 3.63) is 24.3 Å². The van der Waals surface area contributed by atoms with Crippen molar-refractivity contribution in [1.82, 2.24) is 5.32 Å². The number of aliphatic hydroxyl groups is 1. The maximum atomic E-state index is 11.3. The van der Waals surface area contributed by atoms with Gasteiger partial charge >= 0.3 is 16.4 Å². The second-order valence-electron chi connectivity index (χ2n) is 4.33. The lowest BCUT2D eigenvalue weighted by atomic mass is 10.2. The molecule has 1 heterocycles. The molecule has 0 aliphatic carbocycles. The van der Waals surface area contributed by atoms with Gasteiger partial charge in [0.1, 0.15) is 0 Å². The van der Waals surface area contributed by atoms with Crippen LogP contribution in [0.2, 0.25) is 0 Å². The lowest BCUT2D eigenvalue weighted by molar-refractivity contribution is -0.143. The fourth-order valence-electron chi connectivity index (χ4n) is 1.19. The Morgan fingerprint density at radius 3 is 2.61 bits per heavy atom. The van der Waals surface area contributed by atoms with Gasteiger partial charge in [-0.15, -0.1) is 0 Å². The summed E-state index contributed by atoms with van der Waals surface area (Å²) < 4.78 is 31.2. The Morgan fingerprint density at radius 2 is 2.22 bits per heavy atom. The number of carboxylic acid groups (broad SMARTS) is 1. The maximum absolute atomic E-state index is 11.3. The van der Waals surface area contributed by atoms with Crippen LogP contribution in [-0.4, -0.2) is 63.3 Å². The average Bonchev–Trinajstić information content (AvgIpc) is 3.03. The SMILES string of the molecule is C1=NCCN1.C=C(C)C(OS(=O)(=O)OCC=CCCO)C(=O)O. The second-order valence-corrected chi connectivity index (χ2v) is 5.57. The molecule has 1 atom stereocenters. The van der Waals surface area contributed by atoms with Gasteiger partial charge in [-0.05, 0) is 18.9 Å². The molecular formula is C13H22N2O7S. The molecule has 1 unspecified atom stereocenters. The Balaban J connectivity index is 0.000000809. The molecule has 0 spiro atoms. The van der Waals surface area contributed by atoms with Gasteiger partial charge in [-0.3, -0.25) is 4.99 Å². The predicted octanol–water partition coefficient (Wildman–Crippen LogP) is -0.150. The summed E-state index contributed by atoms with van der Waals surface area (Å²) in [6, 6.07) is 0. The highest BCUT2D eigenvalue weighted by molar-refractivity contribution is 7.81. The number of carboxylic acids is 1. The Hall–Kier alpha value is -1.75. The number of aliphatic carboxylic acids is 1. The summed E-state index contributed by atoms with van der Waals surface area (Å²) in [4.78, 5) is 14.5. The van der Waals surface area contributed by atoms with Gasteiger partial charge in [0.2, 0.25) is 0 Å². The molecule has 0 aromatic rings. The third-order valence-corrected chi connectivity index (χ3v) is 3.08. The van der Waals surface area contributed by atoms with Crippen LogP contribution in [0.15, 0.2) is 29.3 Å². The Kier molecular flexibility index (Phi) is 10.9. The van der Waals surface area contributed by atoms with Gasteiger partial charge in [-0.2, -0.15) is 8.42 Å². The van der Waals surface area contributed by atoms with Crippen molar-refractivity contribution in [2.75, 3.05) is 26.3 Å². The molecule has 0 bridgehead atoms. The summed E-state index contributed by atoms with van der Waals surface area (Å²) >= 11 is 0. The third kappa shape index (κ3) is 11.5. The fourth-order valence-corrected chi connectivity index (χ4v) is 1.97. The molecule has 1 rings (SSSR count). The molecule has 0 saturated heterocycles. The van der Waals surface area contributed by atoms with E-state index in [1.54, 1.807) is 6.34 Å². The lowest BCUT2D eigenvalue weighted by Gasteiger charge is -2.12. The first kappa shape index (κ1) is 21.2. The molecule has 1 aliphatic heterocycles. The first-order valence-electron chi connectivity index (χ1n) is 6.73. The Bertz CT molecular complexity index is 508. The van der Waals surface area contributed by atoms with Gasteiger partial charge in [0.25, 0.3) is 0 Å². The normalized spacial score (nSPS) is 14.9. The van der Waals surface area contributed by atoms with E-state index < -0.39 is 22.5 Å². The van der Waals surface area contributed by atoms with Crippen LogP contribution in [0.4, 0.5) is 0 Å². The summed E-state index contributed by atoms with van der Waals surface area (Å²) in [5.74, 6) is -1.47. The lowest BCUT2D eigenvalue weighted by Crippen LogP contribution is -2.28. The van der Waals surface area contributed by atoms with E-state index in [2.05, 4.69) is 25.3 Å². The smallest absolute Gasteiger partial charge is 0.401 e. The number of aliphatic hydroxyl groups excluding tert-OH is 1. The van der Waals surface area contributed by atoms with E-state index in [0.29, 0.717) is 6.42 Å². The minimum atomic E-state index is -4.41. The highest BCUT2D eigenvalue weighted by atomic mass is 32.3. The van der Waals surface area contributed by atoms with Gasteiger partial charge < -0.3 is 15.5 Å². The molecule has 0 amide bonds. The molecule has 0 aromatic heterocycles. The first-order valence-corrected chi connectivity index (χ1v) is 8.07. The zero-order chi connectivity index (χ0) is 17.7. The molecule has 0 fully saturated rings. The van der Waals surface area contributed by atoms with Gasteiger partial charge in [-0.25, -0.2) is 13.2 Å². The number of rotatable bonds is 9. The van der Waals surface area contributed by atoms with E-state index in [9.17, 15) is 13.2 Å². The monoisotopic (exact) mass is 350 g/mol.